The zero-order chi connectivity index (χ0) is 16.2. The first kappa shape index (κ1) is 14.6. The summed E-state index contributed by atoms with van der Waals surface area (Å²) < 4.78 is 5.13. The van der Waals surface area contributed by atoms with Crippen molar-refractivity contribution in [1.29, 1.82) is 0 Å². The number of nitrogens with one attached hydrogen (secondary N) is 2. The minimum atomic E-state index is -1.15. The number of amides is 1. The third kappa shape index (κ3) is 3.16. The Morgan fingerprint density at radius 2 is 1.74 bits per heavy atom. The maximum absolute atomic E-state index is 12.0. The number of rotatable bonds is 4. The minimum absolute atomic E-state index is 0.0807. The van der Waals surface area contributed by atoms with Crippen LogP contribution in [0.25, 0.3) is 10.9 Å². The maximum atomic E-state index is 12.0. The molecule has 0 saturated heterocycles. The Bertz CT molecular complexity index is 855. The number of para-hydroxylation sites is 1. The molecule has 23 heavy (non-hydrogen) atoms. The fourth-order valence-electron chi connectivity index (χ4n) is 2.29. The van der Waals surface area contributed by atoms with Crippen molar-refractivity contribution in [2.75, 3.05) is 5.32 Å². The van der Waals surface area contributed by atoms with Gasteiger partial charge in [0, 0.05) is 10.9 Å². The van der Waals surface area contributed by atoms with E-state index in [4.69, 9.17) is 4.74 Å². The number of ether oxygens (including phenoxy) is 1. The molecule has 1 amide bonds. The van der Waals surface area contributed by atoms with Gasteiger partial charge < -0.3 is 14.8 Å². The predicted octanol–water partition coefficient (Wildman–Crippen LogP) is 3.61. The number of carbonyl (C=O) groups is 2. The van der Waals surface area contributed by atoms with E-state index in [1.807, 2.05) is 30.3 Å². The van der Waals surface area contributed by atoms with Crippen molar-refractivity contribution in [1.82, 2.24) is 4.98 Å². The molecule has 3 rings (SSSR count). The molecule has 6 heteroatoms. The van der Waals surface area contributed by atoms with Crippen molar-refractivity contribution < 1.29 is 19.4 Å². The molecule has 0 atom stereocenters. The molecular formula is C17H14N2O4. The number of fused-ring (bicyclic) bond motifs is 1. The zero-order valence-electron chi connectivity index (χ0n) is 12.1. The van der Waals surface area contributed by atoms with Gasteiger partial charge in [0.15, 0.2) is 0 Å². The van der Waals surface area contributed by atoms with E-state index in [9.17, 15) is 14.7 Å². The highest BCUT2D eigenvalue weighted by Crippen LogP contribution is 2.27. The van der Waals surface area contributed by atoms with Gasteiger partial charge in [0.2, 0.25) is 0 Å². The summed E-state index contributed by atoms with van der Waals surface area (Å²) in [6.45, 7) is 0.109. The first-order chi connectivity index (χ1) is 11.1. The van der Waals surface area contributed by atoms with Gasteiger partial charge in [-0.05, 0) is 11.6 Å². The van der Waals surface area contributed by atoms with E-state index in [1.54, 1.807) is 24.3 Å². The lowest BCUT2D eigenvalue weighted by atomic mass is 10.2. The summed E-state index contributed by atoms with van der Waals surface area (Å²) >= 11 is 0. The molecule has 0 aliphatic carbocycles. The molecule has 0 aliphatic rings. The lowest BCUT2D eigenvalue weighted by molar-refractivity contribution is 0.0692. The Morgan fingerprint density at radius 1 is 1.04 bits per heavy atom. The number of benzene rings is 2. The normalized spacial score (nSPS) is 10.4. The van der Waals surface area contributed by atoms with Crippen LogP contribution in [0, 0.1) is 0 Å². The summed E-state index contributed by atoms with van der Waals surface area (Å²) in [5, 5.41) is 12.4. The Balaban J connectivity index is 1.79. The number of anilines is 1. The standard InChI is InChI=1S/C17H14N2O4/c20-16(21)15-14(12-8-4-5-9-13(12)18-15)19-17(22)23-10-11-6-2-1-3-7-11/h1-9,18H,10H2,(H,19,22)(H,20,21). The number of carboxylic acids is 1. The van der Waals surface area contributed by atoms with Crippen molar-refractivity contribution in [2.24, 2.45) is 0 Å². The molecule has 0 radical (unpaired) electrons. The molecule has 2 aromatic carbocycles. The summed E-state index contributed by atoms with van der Waals surface area (Å²) in [6.07, 6.45) is -0.707. The lowest BCUT2D eigenvalue weighted by Gasteiger charge is -2.07. The zero-order valence-corrected chi connectivity index (χ0v) is 12.1. The van der Waals surface area contributed by atoms with E-state index < -0.39 is 12.1 Å². The van der Waals surface area contributed by atoms with E-state index >= 15 is 0 Å². The molecule has 0 saturated carbocycles. The number of carboxylic acid groups (broad SMARTS) is 1. The first-order valence-corrected chi connectivity index (χ1v) is 6.97. The maximum Gasteiger partial charge on any atom is 0.412 e. The van der Waals surface area contributed by atoms with E-state index in [-0.39, 0.29) is 18.0 Å². The van der Waals surface area contributed by atoms with Crippen molar-refractivity contribution >= 4 is 28.7 Å². The first-order valence-electron chi connectivity index (χ1n) is 6.97. The average Bonchev–Trinajstić information content (AvgIpc) is 2.93. The molecule has 1 heterocycles. The second kappa shape index (κ2) is 6.23. The number of aromatic amines is 1. The van der Waals surface area contributed by atoms with Crippen LogP contribution in [0.4, 0.5) is 10.5 Å². The van der Waals surface area contributed by atoms with Crippen LogP contribution in [0.3, 0.4) is 0 Å². The third-order valence-corrected chi connectivity index (χ3v) is 3.36. The van der Waals surface area contributed by atoms with E-state index in [0.29, 0.717) is 10.9 Å². The van der Waals surface area contributed by atoms with Gasteiger partial charge in [0.05, 0.1) is 5.69 Å². The molecular weight excluding hydrogens is 296 g/mol. The van der Waals surface area contributed by atoms with Crippen LogP contribution in [0.1, 0.15) is 16.1 Å². The number of aromatic nitrogens is 1. The Labute approximate surface area is 131 Å². The molecule has 0 unspecified atom stereocenters. The quantitative estimate of drug-likeness (QED) is 0.686. The Hall–Kier alpha value is -3.28. The summed E-state index contributed by atoms with van der Waals surface area (Å²) in [7, 11) is 0. The van der Waals surface area contributed by atoms with Crippen LogP contribution >= 0.6 is 0 Å². The summed E-state index contributed by atoms with van der Waals surface area (Å²) in [6, 6.07) is 16.2. The second-order valence-electron chi connectivity index (χ2n) is 4.91. The number of aromatic carboxylic acids is 1. The molecule has 0 bridgehead atoms. The number of hydrogen-bond donors (Lipinski definition) is 3. The predicted molar refractivity (Wildman–Crippen MR) is 85.5 cm³/mol. The largest absolute Gasteiger partial charge is 0.477 e. The van der Waals surface area contributed by atoms with Crippen LogP contribution < -0.4 is 5.32 Å². The molecule has 116 valence electrons. The van der Waals surface area contributed by atoms with Gasteiger partial charge in [0.25, 0.3) is 0 Å². The number of carbonyl (C=O) groups excluding carboxylic acids is 1. The Morgan fingerprint density at radius 3 is 2.48 bits per heavy atom. The second-order valence-corrected chi connectivity index (χ2v) is 4.91. The molecule has 6 nitrogen and oxygen atoms in total. The monoisotopic (exact) mass is 310 g/mol. The topological polar surface area (TPSA) is 91.4 Å². The SMILES string of the molecule is O=C(Nc1c(C(=O)O)[nH]c2ccccc12)OCc1ccccc1. The minimum Gasteiger partial charge on any atom is -0.477 e. The average molecular weight is 310 g/mol. The van der Waals surface area contributed by atoms with Gasteiger partial charge in [-0.15, -0.1) is 0 Å². The van der Waals surface area contributed by atoms with Crippen molar-refractivity contribution in [3.63, 3.8) is 0 Å². The summed E-state index contributed by atoms with van der Waals surface area (Å²) in [5.74, 6) is -1.15. The third-order valence-electron chi connectivity index (χ3n) is 3.36. The van der Waals surface area contributed by atoms with Gasteiger partial charge in [-0.25, -0.2) is 9.59 Å². The van der Waals surface area contributed by atoms with Crippen molar-refractivity contribution in [3.8, 4) is 0 Å². The molecule has 0 aliphatic heterocycles. The van der Waals surface area contributed by atoms with Crippen LogP contribution in [0.2, 0.25) is 0 Å². The van der Waals surface area contributed by atoms with Crippen LogP contribution in [0.5, 0.6) is 0 Å². The van der Waals surface area contributed by atoms with Gasteiger partial charge >= 0.3 is 12.1 Å². The number of hydrogen-bond acceptors (Lipinski definition) is 3. The van der Waals surface area contributed by atoms with Crippen LogP contribution in [-0.2, 0) is 11.3 Å². The molecule has 3 N–H and O–H groups in total. The molecule has 0 fully saturated rings. The Kier molecular flexibility index (Phi) is 3.97. The lowest BCUT2D eigenvalue weighted by Crippen LogP contribution is -2.15. The fraction of sp³-hybridized carbons (Fsp3) is 0.0588. The van der Waals surface area contributed by atoms with E-state index in [2.05, 4.69) is 10.3 Å². The van der Waals surface area contributed by atoms with Gasteiger partial charge in [-0.2, -0.15) is 0 Å². The van der Waals surface area contributed by atoms with Crippen molar-refractivity contribution in [3.05, 3.63) is 65.9 Å². The highest BCUT2D eigenvalue weighted by Gasteiger charge is 2.19. The van der Waals surface area contributed by atoms with Crippen molar-refractivity contribution in [2.45, 2.75) is 6.61 Å². The van der Waals surface area contributed by atoms with Crippen LogP contribution in [0.15, 0.2) is 54.6 Å². The van der Waals surface area contributed by atoms with E-state index in [1.165, 1.54) is 0 Å². The van der Waals surface area contributed by atoms with Crippen LogP contribution in [-0.4, -0.2) is 22.2 Å². The highest BCUT2D eigenvalue weighted by molar-refractivity contribution is 6.09. The summed E-state index contributed by atoms with van der Waals surface area (Å²) in [4.78, 5) is 26.1. The molecule has 0 spiro atoms. The molecule has 1 aromatic heterocycles. The number of H-pyrrole nitrogens is 1. The highest BCUT2D eigenvalue weighted by atomic mass is 16.5. The van der Waals surface area contributed by atoms with Gasteiger partial charge in [-0.1, -0.05) is 48.5 Å². The van der Waals surface area contributed by atoms with E-state index in [0.717, 1.165) is 5.56 Å². The van der Waals surface area contributed by atoms with Gasteiger partial charge in [-0.3, -0.25) is 5.32 Å². The van der Waals surface area contributed by atoms with Gasteiger partial charge in [0.1, 0.15) is 12.3 Å². The smallest absolute Gasteiger partial charge is 0.412 e. The molecule has 3 aromatic rings. The summed E-state index contributed by atoms with van der Waals surface area (Å²) in [5.41, 5.74) is 1.59. The fourth-order valence-corrected chi connectivity index (χ4v) is 2.29.